The molecule has 0 saturated carbocycles. The average Bonchev–Trinajstić information content (AvgIpc) is 2.76. The Balaban J connectivity index is 2.21. The molecule has 1 fully saturated rings. The van der Waals surface area contributed by atoms with Gasteiger partial charge in [0.1, 0.15) is 4.21 Å². The molecule has 17 heavy (non-hydrogen) atoms. The fourth-order valence-corrected chi connectivity index (χ4v) is 5.24. The van der Waals surface area contributed by atoms with E-state index in [1.54, 1.807) is 12.1 Å². The van der Waals surface area contributed by atoms with E-state index in [2.05, 4.69) is 15.9 Å². The summed E-state index contributed by atoms with van der Waals surface area (Å²) < 4.78 is 32.5. The maximum atomic E-state index is 12.3. The van der Waals surface area contributed by atoms with E-state index in [0.717, 1.165) is 3.79 Å². The van der Waals surface area contributed by atoms with E-state index < -0.39 is 10.0 Å². The summed E-state index contributed by atoms with van der Waals surface area (Å²) in [6, 6.07) is 3.34. The highest BCUT2D eigenvalue weighted by molar-refractivity contribution is 9.11. The van der Waals surface area contributed by atoms with Crippen LogP contribution < -0.4 is 5.73 Å². The summed E-state index contributed by atoms with van der Waals surface area (Å²) in [5, 5.41) is 0. The first-order valence-corrected chi connectivity index (χ1v) is 8.16. The van der Waals surface area contributed by atoms with Gasteiger partial charge >= 0.3 is 0 Å². The first-order valence-electron chi connectivity index (χ1n) is 5.11. The van der Waals surface area contributed by atoms with E-state index in [1.807, 2.05) is 0 Å². The lowest BCUT2D eigenvalue weighted by molar-refractivity contribution is 0.00456. The van der Waals surface area contributed by atoms with Crippen molar-refractivity contribution in [1.29, 1.82) is 0 Å². The summed E-state index contributed by atoms with van der Waals surface area (Å²) in [6.07, 6.45) is -0.207. The van der Waals surface area contributed by atoms with Gasteiger partial charge in [0.2, 0.25) is 0 Å². The Labute approximate surface area is 113 Å². The Bertz CT molecular complexity index is 488. The molecule has 1 aliphatic rings. The van der Waals surface area contributed by atoms with Gasteiger partial charge < -0.3 is 10.5 Å². The van der Waals surface area contributed by atoms with Crippen molar-refractivity contribution in [2.75, 3.05) is 26.2 Å². The molecule has 2 N–H and O–H groups in total. The molecule has 1 atom stereocenters. The van der Waals surface area contributed by atoms with Crippen LogP contribution in [0.1, 0.15) is 0 Å². The molecular weight excluding hydrogens is 328 g/mol. The Kier molecular flexibility index (Phi) is 4.22. The van der Waals surface area contributed by atoms with Crippen molar-refractivity contribution in [2.45, 2.75) is 10.3 Å². The molecule has 1 aliphatic heterocycles. The second kappa shape index (κ2) is 5.33. The molecule has 96 valence electrons. The third-order valence-electron chi connectivity index (χ3n) is 2.51. The number of hydrogen-bond donors (Lipinski definition) is 1. The Morgan fingerprint density at radius 2 is 2.35 bits per heavy atom. The summed E-state index contributed by atoms with van der Waals surface area (Å²) in [7, 11) is -3.40. The molecular formula is C9H13BrN2O3S2. The number of rotatable bonds is 3. The summed E-state index contributed by atoms with van der Waals surface area (Å²) in [4.78, 5) is 0. The number of morpholine rings is 1. The van der Waals surface area contributed by atoms with E-state index in [1.165, 1.54) is 15.6 Å². The standard InChI is InChI=1S/C9H13BrN2O3S2/c10-8-1-2-9(16-8)17(13,14)12-3-4-15-7(5-11)6-12/h1-2,7H,3-6,11H2. The fraction of sp³-hybridized carbons (Fsp3) is 0.556. The van der Waals surface area contributed by atoms with Gasteiger partial charge in [0.15, 0.2) is 0 Å². The summed E-state index contributed by atoms with van der Waals surface area (Å²) in [6.45, 7) is 1.44. The van der Waals surface area contributed by atoms with Crippen LogP contribution in [0.15, 0.2) is 20.1 Å². The maximum absolute atomic E-state index is 12.3. The average molecular weight is 341 g/mol. The zero-order chi connectivity index (χ0) is 12.5. The molecule has 1 saturated heterocycles. The van der Waals surface area contributed by atoms with Crippen molar-refractivity contribution in [3.8, 4) is 0 Å². The molecule has 2 rings (SSSR count). The monoisotopic (exact) mass is 340 g/mol. The van der Waals surface area contributed by atoms with Gasteiger partial charge in [-0.2, -0.15) is 4.31 Å². The largest absolute Gasteiger partial charge is 0.374 e. The molecule has 0 amide bonds. The van der Waals surface area contributed by atoms with Crippen LogP contribution in [0.2, 0.25) is 0 Å². The molecule has 1 aromatic rings. The predicted molar refractivity (Wildman–Crippen MR) is 69.6 cm³/mol. The Morgan fingerprint density at radius 3 is 2.94 bits per heavy atom. The number of sulfonamides is 1. The number of nitrogens with zero attached hydrogens (tertiary/aromatic N) is 1. The first-order chi connectivity index (χ1) is 8.04. The van der Waals surface area contributed by atoms with Gasteiger partial charge in [-0.3, -0.25) is 0 Å². The minimum Gasteiger partial charge on any atom is -0.374 e. The third kappa shape index (κ3) is 2.88. The molecule has 8 heteroatoms. The lowest BCUT2D eigenvalue weighted by Gasteiger charge is -2.31. The van der Waals surface area contributed by atoms with E-state index >= 15 is 0 Å². The molecule has 0 bridgehead atoms. The quantitative estimate of drug-likeness (QED) is 0.885. The van der Waals surface area contributed by atoms with Crippen LogP contribution in [-0.4, -0.2) is 45.1 Å². The van der Waals surface area contributed by atoms with E-state index in [-0.39, 0.29) is 6.10 Å². The van der Waals surface area contributed by atoms with Crippen LogP contribution in [0.25, 0.3) is 0 Å². The lowest BCUT2D eigenvalue weighted by atomic mass is 10.3. The number of nitrogens with two attached hydrogens (primary N) is 1. The molecule has 2 heterocycles. The Hall–Kier alpha value is 0.01000. The molecule has 1 unspecified atom stereocenters. The number of thiophene rings is 1. The summed E-state index contributed by atoms with van der Waals surface area (Å²) in [5.41, 5.74) is 5.50. The highest BCUT2D eigenvalue weighted by Crippen LogP contribution is 2.29. The van der Waals surface area contributed by atoms with Gasteiger partial charge in [0, 0.05) is 19.6 Å². The third-order valence-corrected chi connectivity index (χ3v) is 6.46. The molecule has 5 nitrogen and oxygen atoms in total. The lowest BCUT2D eigenvalue weighted by Crippen LogP contribution is -2.47. The topological polar surface area (TPSA) is 72.6 Å². The fourth-order valence-electron chi connectivity index (χ4n) is 1.62. The van der Waals surface area contributed by atoms with Crippen molar-refractivity contribution in [2.24, 2.45) is 5.73 Å². The van der Waals surface area contributed by atoms with Crippen molar-refractivity contribution in [3.05, 3.63) is 15.9 Å². The highest BCUT2D eigenvalue weighted by Gasteiger charge is 2.31. The van der Waals surface area contributed by atoms with Gasteiger partial charge in [0.25, 0.3) is 10.0 Å². The highest BCUT2D eigenvalue weighted by atomic mass is 79.9. The molecule has 0 aromatic carbocycles. The normalized spacial score (nSPS) is 22.8. The molecule has 0 spiro atoms. The minimum atomic E-state index is -3.40. The van der Waals surface area contributed by atoms with Gasteiger partial charge in [-0.1, -0.05) is 0 Å². The van der Waals surface area contributed by atoms with E-state index in [9.17, 15) is 8.42 Å². The second-order valence-electron chi connectivity index (χ2n) is 3.65. The molecule has 0 aliphatic carbocycles. The Morgan fingerprint density at radius 1 is 1.59 bits per heavy atom. The van der Waals surface area contributed by atoms with Crippen LogP contribution in [0.4, 0.5) is 0 Å². The van der Waals surface area contributed by atoms with E-state index in [4.69, 9.17) is 10.5 Å². The zero-order valence-electron chi connectivity index (χ0n) is 9.00. The molecule has 0 radical (unpaired) electrons. The van der Waals surface area contributed by atoms with Crippen LogP contribution in [-0.2, 0) is 14.8 Å². The maximum Gasteiger partial charge on any atom is 0.252 e. The van der Waals surface area contributed by atoms with Gasteiger partial charge in [-0.05, 0) is 28.1 Å². The van der Waals surface area contributed by atoms with Crippen LogP contribution in [0, 0.1) is 0 Å². The van der Waals surface area contributed by atoms with Crippen molar-refractivity contribution < 1.29 is 13.2 Å². The molecule has 1 aromatic heterocycles. The van der Waals surface area contributed by atoms with E-state index in [0.29, 0.717) is 30.5 Å². The van der Waals surface area contributed by atoms with Crippen molar-refractivity contribution >= 4 is 37.3 Å². The number of hydrogen-bond acceptors (Lipinski definition) is 5. The SMILES string of the molecule is NCC1CN(S(=O)(=O)c2ccc(Br)s2)CCO1. The van der Waals surface area contributed by atoms with Crippen molar-refractivity contribution in [1.82, 2.24) is 4.31 Å². The zero-order valence-corrected chi connectivity index (χ0v) is 12.2. The number of ether oxygens (including phenoxy) is 1. The van der Waals surface area contributed by atoms with Crippen LogP contribution >= 0.6 is 27.3 Å². The second-order valence-corrected chi connectivity index (χ2v) is 8.28. The van der Waals surface area contributed by atoms with Gasteiger partial charge in [-0.15, -0.1) is 11.3 Å². The first kappa shape index (κ1) is 13.4. The van der Waals surface area contributed by atoms with Crippen molar-refractivity contribution in [3.63, 3.8) is 0 Å². The predicted octanol–water partition coefficient (Wildman–Crippen LogP) is 0.859. The van der Waals surface area contributed by atoms with Crippen LogP contribution in [0.5, 0.6) is 0 Å². The summed E-state index contributed by atoms with van der Waals surface area (Å²) in [5.74, 6) is 0. The van der Waals surface area contributed by atoms with Crippen LogP contribution in [0.3, 0.4) is 0 Å². The summed E-state index contributed by atoms with van der Waals surface area (Å²) >= 11 is 4.48. The smallest absolute Gasteiger partial charge is 0.252 e. The van der Waals surface area contributed by atoms with Gasteiger partial charge in [0.05, 0.1) is 16.5 Å². The van der Waals surface area contributed by atoms with Gasteiger partial charge in [-0.25, -0.2) is 8.42 Å². The number of halogens is 1. The minimum absolute atomic E-state index is 0.207.